The molecule has 0 fully saturated rings. The van der Waals surface area contributed by atoms with Gasteiger partial charge in [0.05, 0.1) is 0 Å². The molecule has 1 aromatic heterocycles. The third-order valence-corrected chi connectivity index (χ3v) is 4.23. The third kappa shape index (κ3) is 2.99. The van der Waals surface area contributed by atoms with Crippen molar-refractivity contribution < 1.29 is 13.6 Å². The van der Waals surface area contributed by atoms with E-state index in [0.29, 0.717) is 5.82 Å². The van der Waals surface area contributed by atoms with E-state index in [4.69, 9.17) is 0 Å². The number of para-hydroxylation sites is 1. The van der Waals surface area contributed by atoms with Crippen molar-refractivity contribution in [1.82, 2.24) is 9.97 Å². The molecular weight excluding hydrogens is 338 g/mol. The fourth-order valence-electron chi connectivity index (χ4n) is 2.96. The molecule has 1 aliphatic heterocycles. The lowest BCUT2D eigenvalue weighted by molar-refractivity contribution is 0.102. The highest BCUT2D eigenvalue weighted by atomic mass is 19.2. The molecule has 130 valence electrons. The van der Waals surface area contributed by atoms with Gasteiger partial charge in [0.1, 0.15) is 17.8 Å². The summed E-state index contributed by atoms with van der Waals surface area (Å²) in [4.78, 5) is 22.7. The van der Waals surface area contributed by atoms with Crippen molar-refractivity contribution in [2.24, 2.45) is 0 Å². The van der Waals surface area contributed by atoms with Crippen molar-refractivity contribution >= 4 is 23.1 Å². The Bertz CT molecular complexity index is 993. The first-order chi connectivity index (χ1) is 12.6. The van der Waals surface area contributed by atoms with Gasteiger partial charge in [-0.05, 0) is 30.2 Å². The Morgan fingerprint density at radius 1 is 1.04 bits per heavy atom. The van der Waals surface area contributed by atoms with Gasteiger partial charge in [-0.25, -0.2) is 18.7 Å². The van der Waals surface area contributed by atoms with E-state index in [1.54, 1.807) is 6.07 Å². The largest absolute Gasteiger partial charge is 0.326 e. The van der Waals surface area contributed by atoms with Crippen LogP contribution in [0, 0.1) is 11.6 Å². The molecule has 3 aromatic rings. The number of halogens is 2. The summed E-state index contributed by atoms with van der Waals surface area (Å²) in [5.41, 5.74) is 2.57. The predicted octanol–water partition coefficient (Wildman–Crippen LogP) is 3.70. The van der Waals surface area contributed by atoms with E-state index in [2.05, 4.69) is 21.4 Å². The number of carbonyl (C=O) groups is 1. The summed E-state index contributed by atoms with van der Waals surface area (Å²) >= 11 is 0. The Morgan fingerprint density at radius 2 is 1.88 bits per heavy atom. The molecule has 2 heterocycles. The average Bonchev–Trinajstić information content (AvgIpc) is 3.09. The van der Waals surface area contributed by atoms with Gasteiger partial charge in [0.2, 0.25) is 0 Å². The summed E-state index contributed by atoms with van der Waals surface area (Å²) in [6.07, 6.45) is 2.22. The Balaban J connectivity index is 1.58. The first-order valence-electron chi connectivity index (χ1n) is 8.06. The standard InChI is InChI=1S/C19H14F2N4O/c20-14-6-5-13(9-15(14)21)24-19(26)16-10-18(23-11-22-16)25-8-7-12-3-1-2-4-17(12)25/h1-6,9-11H,7-8H2,(H,24,26). The number of benzene rings is 2. The predicted molar refractivity (Wildman–Crippen MR) is 93.5 cm³/mol. The van der Waals surface area contributed by atoms with Crippen LogP contribution in [-0.2, 0) is 6.42 Å². The quantitative estimate of drug-likeness (QED) is 0.781. The second-order valence-corrected chi connectivity index (χ2v) is 5.87. The van der Waals surface area contributed by atoms with Gasteiger partial charge in [0.15, 0.2) is 11.6 Å². The number of nitrogens with one attached hydrogen (secondary N) is 1. The average molecular weight is 352 g/mol. The zero-order chi connectivity index (χ0) is 18.1. The SMILES string of the molecule is O=C(Nc1ccc(F)c(F)c1)c1cc(N2CCc3ccccc32)ncn1. The van der Waals surface area contributed by atoms with Crippen molar-refractivity contribution in [3.05, 3.63) is 77.8 Å². The molecular formula is C19H14F2N4O. The van der Waals surface area contributed by atoms with Crippen molar-refractivity contribution in [3.8, 4) is 0 Å². The van der Waals surface area contributed by atoms with Gasteiger partial charge < -0.3 is 10.2 Å². The molecule has 0 saturated heterocycles. The Labute approximate surface area is 148 Å². The van der Waals surface area contributed by atoms with E-state index < -0.39 is 17.5 Å². The fraction of sp³-hybridized carbons (Fsp3) is 0.105. The molecule has 0 radical (unpaired) electrons. The lowest BCUT2D eigenvalue weighted by atomic mass is 10.2. The van der Waals surface area contributed by atoms with Gasteiger partial charge >= 0.3 is 0 Å². The van der Waals surface area contributed by atoms with Crippen LogP contribution in [-0.4, -0.2) is 22.4 Å². The molecule has 1 N–H and O–H groups in total. The van der Waals surface area contributed by atoms with Crippen LogP contribution in [0.15, 0.2) is 54.9 Å². The molecule has 5 nitrogen and oxygen atoms in total. The summed E-state index contributed by atoms with van der Waals surface area (Å²) in [6, 6.07) is 12.8. The van der Waals surface area contributed by atoms with Crippen LogP contribution in [0.3, 0.4) is 0 Å². The van der Waals surface area contributed by atoms with E-state index in [0.717, 1.165) is 30.8 Å². The van der Waals surface area contributed by atoms with Crippen LogP contribution in [0.1, 0.15) is 16.1 Å². The molecule has 26 heavy (non-hydrogen) atoms. The van der Waals surface area contributed by atoms with E-state index >= 15 is 0 Å². The number of rotatable bonds is 3. The Hall–Kier alpha value is -3.35. The molecule has 7 heteroatoms. The van der Waals surface area contributed by atoms with E-state index in [-0.39, 0.29) is 11.4 Å². The van der Waals surface area contributed by atoms with Crippen LogP contribution in [0.5, 0.6) is 0 Å². The maximum absolute atomic E-state index is 13.3. The summed E-state index contributed by atoms with van der Waals surface area (Å²) in [6.45, 7) is 0.764. The fourth-order valence-corrected chi connectivity index (χ4v) is 2.96. The molecule has 0 spiro atoms. The van der Waals surface area contributed by atoms with Crippen molar-refractivity contribution in [2.45, 2.75) is 6.42 Å². The van der Waals surface area contributed by atoms with Gasteiger partial charge in [0, 0.05) is 30.1 Å². The lowest BCUT2D eigenvalue weighted by Gasteiger charge is -2.18. The molecule has 4 rings (SSSR count). The highest BCUT2D eigenvalue weighted by Crippen LogP contribution is 2.33. The van der Waals surface area contributed by atoms with Crippen molar-refractivity contribution in [2.75, 3.05) is 16.8 Å². The van der Waals surface area contributed by atoms with Gasteiger partial charge in [-0.15, -0.1) is 0 Å². The summed E-state index contributed by atoms with van der Waals surface area (Å²) < 4.78 is 26.3. The minimum Gasteiger partial charge on any atom is -0.326 e. The van der Waals surface area contributed by atoms with E-state index in [9.17, 15) is 13.6 Å². The van der Waals surface area contributed by atoms with Crippen LogP contribution >= 0.6 is 0 Å². The highest BCUT2D eigenvalue weighted by Gasteiger charge is 2.22. The monoisotopic (exact) mass is 352 g/mol. The molecule has 0 unspecified atom stereocenters. The number of anilines is 3. The molecule has 0 aliphatic carbocycles. The molecule has 0 atom stereocenters. The minimum atomic E-state index is -1.03. The summed E-state index contributed by atoms with van der Waals surface area (Å²) in [5, 5.41) is 2.51. The second-order valence-electron chi connectivity index (χ2n) is 5.87. The Morgan fingerprint density at radius 3 is 2.73 bits per heavy atom. The molecule has 1 amide bonds. The minimum absolute atomic E-state index is 0.143. The number of carbonyl (C=O) groups excluding carboxylic acids is 1. The molecule has 2 aromatic carbocycles. The van der Waals surface area contributed by atoms with Crippen LogP contribution in [0.4, 0.5) is 26.0 Å². The molecule has 0 bridgehead atoms. The normalized spacial score (nSPS) is 12.8. The number of fused-ring (bicyclic) bond motifs is 1. The summed E-state index contributed by atoms with van der Waals surface area (Å²) in [5.74, 6) is -1.91. The van der Waals surface area contributed by atoms with Gasteiger partial charge in [-0.2, -0.15) is 0 Å². The smallest absolute Gasteiger partial charge is 0.274 e. The third-order valence-electron chi connectivity index (χ3n) is 4.23. The second kappa shape index (κ2) is 6.51. The number of hydrogen-bond donors (Lipinski definition) is 1. The van der Waals surface area contributed by atoms with Crippen LogP contribution in [0.2, 0.25) is 0 Å². The van der Waals surface area contributed by atoms with Crippen LogP contribution in [0.25, 0.3) is 0 Å². The van der Waals surface area contributed by atoms with Gasteiger partial charge in [-0.1, -0.05) is 18.2 Å². The van der Waals surface area contributed by atoms with Crippen molar-refractivity contribution in [1.29, 1.82) is 0 Å². The molecule has 1 aliphatic rings. The number of nitrogens with zero attached hydrogens (tertiary/aromatic N) is 3. The maximum atomic E-state index is 13.3. The number of hydrogen-bond acceptors (Lipinski definition) is 4. The van der Waals surface area contributed by atoms with E-state index in [1.807, 2.05) is 23.1 Å². The zero-order valence-corrected chi connectivity index (χ0v) is 13.6. The number of aromatic nitrogens is 2. The summed E-state index contributed by atoms with van der Waals surface area (Å²) in [7, 11) is 0. The van der Waals surface area contributed by atoms with E-state index in [1.165, 1.54) is 18.0 Å². The lowest BCUT2D eigenvalue weighted by Crippen LogP contribution is -2.18. The first-order valence-corrected chi connectivity index (χ1v) is 8.06. The molecule has 0 saturated carbocycles. The maximum Gasteiger partial charge on any atom is 0.274 e. The van der Waals surface area contributed by atoms with Gasteiger partial charge in [0.25, 0.3) is 5.91 Å². The van der Waals surface area contributed by atoms with Crippen LogP contribution < -0.4 is 10.2 Å². The Kier molecular flexibility index (Phi) is 4.04. The number of amides is 1. The van der Waals surface area contributed by atoms with Gasteiger partial charge in [-0.3, -0.25) is 4.79 Å². The first kappa shape index (κ1) is 16.1. The zero-order valence-electron chi connectivity index (χ0n) is 13.6. The van der Waals surface area contributed by atoms with Crippen molar-refractivity contribution in [3.63, 3.8) is 0 Å². The highest BCUT2D eigenvalue weighted by molar-refractivity contribution is 6.03. The topological polar surface area (TPSA) is 58.1 Å².